The van der Waals surface area contributed by atoms with Crippen LogP contribution in [0.5, 0.6) is 5.75 Å². The van der Waals surface area contributed by atoms with Crippen LogP contribution >= 0.6 is 0 Å². The Morgan fingerprint density at radius 2 is 1.84 bits per heavy atom. The molecule has 2 aromatic carbocycles. The zero-order valence-corrected chi connectivity index (χ0v) is 13.7. The third kappa shape index (κ3) is 4.36. The van der Waals surface area contributed by atoms with Gasteiger partial charge in [-0.25, -0.2) is 4.79 Å². The van der Waals surface area contributed by atoms with E-state index in [0.29, 0.717) is 37.7 Å². The maximum Gasteiger partial charge on any atom is 0.335 e. The molecule has 0 spiro atoms. The fourth-order valence-corrected chi connectivity index (χ4v) is 2.63. The molecule has 6 heteroatoms. The van der Waals surface area contributed by atoms with Crippen molar-refractivity contribution in [3.05, 3.63) is 64.7 Å². The Balaban J connectivity index is 1.47. The lowest BCUT2D eigenvalue weighted by Crippen LogP contribution is -2.28. The smallest absolute Gasteiger partial charge is 0.335 e. The minimum Gasteiger partial charge on any atom is -0.492 e. The van der Waals surface area contributed by atoms with Gasteiger partial charge in [-0.15, -0.1) is 0 Å². The maximum atomic E-state index is 12.2. The van der Waals surface area contributed by atoms with Gasteiger partial charge in [-0.2, -0.15) is 0 Å². The molecule has 130 valence electrons. The number of ether oxygens (including phenoxy) is 2. The van der Waals surface area contributed by atoms with Crippen molar-refractivity contribution in [3.8, 4) is 5.75 Å². The number of amides is 1. The number of carbonyl (C=O) groups excluding carboxylic acids is 1. The molecule has 0 saturated carbocycles. The second kappa shape index (κ2) is 7.81. The first kappa shape index (κ1) is 17.0. The molecule has 1 aliphatic rings. The molecule has 3 rings (SSSR count). The number of rotatable bonds is 6. The van der Waals surface area contributed by atoms with Gasteiger partial charge < -0.3 is 19.9 Å². The quantitative estimate of drug-likeness (QED) is 0.787. The van der Waals surface area contributed by atoms with Crippen LogP contribution in [0.3, 0.4) is 0 Å². The standard InChI is InChI=1S/C19H19NO5/c21-18(15-1-2-16-12-24-9-7-14(16)11-15)20-8-10-25-17-5-3-13(4-6-17)19(22)23/h1-6,11H,7-10,12H2,(H,20,21)(H,22,23). The lowest BCUT2D eigenvalue weighted by atomic mass is 10.00. The summed E-state index contributed by atoms with van der Waals surface area (Å²) >= 11 is 0. The van der Waals surface area contributed by atoms with Crippen LogP contribution in [0.25, 0.3) is 0 Å². The summed E-state index contributed by atoms with van der Waals surface area (Å²) in [4.78, 5) is 23.0. The van der Waals surface area contributed by atoms with E-state index in [2.05, 4.69) is 5.32 Å². The van der Waals surface area contributed by atoms with Crippen LogP contribution in [-0.4, -0.2) is 36.7 Å². The largest absolute Gasteiger partial charge is 0.492 e. The Bertz CT molecular complexity index is 770. The van der Waals surface area contributed by atoms with Crippen molar-refractivity contribution in [2.45, 2.75) is 13.0 Å². The summed E-state index contributed by atoms with van der Waals surface area (Å²) in [7, 11) is 0. The Morgan fingerprint density at radius 3 is 2.60 bits per heavy atom. The Kier molecular flexibility index (Phi) is 5.30. The first-order valence-electron chi connectivity index (χ1n) is 8.07. The highest BCUT2D eigenvalue weighted by atomic mass is 16.5. The van der Waals surface area contributed by atoms with E-state index in [-0.39, 0.29) is 11.5 Å². The number of carbonyl (C=O) groups is 2. The van der Waals surface area contributed by atoms with Gasteiger partial charge in [0.2, 0.25) is 0 Å². The molecule has 25 heavy (non-hydrogen) atoms. The highest BCUT2D eigenvalue weighted by Gasteiger charge is 2.12. The van der Waals surface area contributed by atoms with Crippen LogP contribution in [0.4, 0.5) is 0 Å². The third-order valence-corrected chi connectivity index (χ3v) is 4.00. The van der Waals surface area contributed by atoms with Gasteiger partial charge in [0, 0.05) is 5.56 Å². The summed E-state index contributed by atoms with van der Waals surface area (Å²) in [6.07, 6.45) is 0.825. The molecule has 0 radical (unpaired) electrons. The predicted molar refractivity (Wildman–Crippen MR) is 91.0 cm³/mol. The summed E-state index contributed by atoms with van der Waals surface area (Å²) in [5.74, 6) is -0.553. The molecule has 2 N–H and O–H groups in total. The van der Waals surface area contributed by atoms with Crippen LogP contribution in [0.2, 0.25) is 0 Å². The molecule has 1 heterocycles. The van der Waals surface area contributed by atoms with Crippen molar-refractivity contribution < 1.29 is 24.2 Å². The lowest BCUT2D eigenvalue weighted by Gasteiger charge is -2.17. The number of carboxylic acid groups (broad SMARTS) is 1. The Morgan fingerprint density at radius 1 is 1.08 bits per heavy atom. The second-order valence-electron chi connectivity index (χ2n) is 5.72. The zero-order chi connectivity index (χ0) is 17.6. The first-order valence-corrected chi connectivity index (χ1v) is 8.07. The summed E-state index contributed by atoms with van der Waals surface area (Å²) in [5.41, 5.74) is 3.13. The van der Waals surface area contributed by atoms with Gasteiger partial charge >= 0.3 is 5.97 Å². The Hall–Kier alpha value is -2.86. The minimum atomic E-state index is -0.976. The second-order valence-corrected chi connectivity index (χ2v) is 5.72. The number of hydrogen-bond acceptors (Lipinski definition) is 4. The van der Waals surface area contributed by atoms with E-state index in [9.17, 15) is 9.59 Å². The fraction of sp³-hybridized carbons (Fsp3) is 0.263. The summed E-state index contributed by atoms with van der Waals surface area (Å²) < 4.78 is 10.9. The van der Waals surface area contributed by atoms with Crippen molar-refractivity contribution in [3.63, 3.8) is 0 Å². The molecule has 0 aromatic heterocycles. The molecular formula is C19H19NO5. The topological polar surface area (TPSA) is 84.9 Å². The number of benzene rings is 2. The number of carboxylic acids is 1. The van der Waals surface area contributed by atoms with Crippen molar-refractivity contribution >= 4 is 11.9 Å². The number of nitrogens with one attached hydrogen (secondary N) is 1. The van der Waals surface area contributed by atoms with Gasteiger partial charge in [-0.05, 0) is 53.9 Å². The SMILES string of the molecule is O=C(O)c1ccc(OCCNC(=O)c2ccc3c(c2)CCOC3)cc1. The van der Waals surface area contributed by atoms with Crippen molar-refractivity contribution in [1.82, 2.24) is 5.32 Å². The van der Waals surface area contributed by atoms with E-state index in [1.807, 2.05) is 12.1 Å². The molecule has 0 saturated heterocycles. The maximum absolute atomic E-state index is 12.2. The van der Waals surface area contributed by atoms with Gasteiger partial charge in [0.25, 0.3) is 5.91 Å². The predicted octanol–water partition coefficient (Wildman–Crippen LogP) is 2.27. The molecule has 1 aliphatic heterocycles. The summed E-state index contributed by atoms with van der Waals surface area (Å²) in [5, 5.41) is 11.7. The fourth-order valence-electron chi connectivity index (χ4n) is 2.63. The van der Waals surface area contributed by atoms with Crippen molar-refractivity contribution in [1.29, 1.82) is 0 Å². The average molecular weight is 341 g/mol. The highest BCUT2D eigenvalue weighted by Crippen LogP contribution is 2.18. The molecule has 0 atom stereocenters. The first-order chi connectivity index (χ1) is 12.1. The molecule has 0 bridgehead atoms. The van der Waals surface area contributed by atoms with Gasteiger partial charge in [0.15, 0.2) is 0 Å². The molecule has 6 nitrogen and oxygen atoms in total. The van der Waals surface area contributed by atoms with E-state index in [1.54, 1.807) is 18.2 Å². The van der Waals surface area contributed by atoms with Gasteiger partial charge in [0.1, 0.15) is 12.4 Å². The van der Waals surface area contributed by atoms with Crippen LogP contribution in [0.15, 0.2) is 42.5 Å². The van der Waals surface area contributed by atoms with E-state index in [1.165, 1.54) is 12.1 Å². The van der Waals surface area contributed by atoms with E-state index < -0.39 is 5.97 Å². The zero-order valence-electron chi connectivity index (χ0n) is 13.7. The lowest BCUT2D eigenvalue weighted by molar-refractivity contribution is 0.0696. The van der Waals surface area contributed by atoms with Gasteiger partial charge in [0.05, 0.1) is 25.3 Å². The minimum absolute atomic E-state index is 0.140. The van der Waals surface area contributed by atoms with Crippen LogP contribution < -0.4 is 10.1 Å². The molecule has 2 aromatic rings. The summed E-state index contributed by atoms with van der Waals surface area (Å²) in [6, 6.07) is 11.8. The Labute approximate surface area is 145 Å². The molecular weight excluding hydrogens is 322 g/mol. The molecule has 0 unspecified atom stereocenters. The normalized spacial score (nSPS) is 13.0. The average Bonchev–Trinajstić information content (AvgIpc) is 2.65. The van der Waals surface area contributed by atoms with E-state index in [0.717, 1.165) is 17.5 Å². The molecule has 0 fully saturated rings. The van der Waals surface area contributed by atoms with Crippen LogP contribution in [0.1, 0.15) is 31.8 Å². The van der Waals surface area contributed by atoms with Crippen LogP contribution in [-0.2, 0) is 17.8 Å². The number of hydrogen-bond donors (Lipinski definition) is 2. The van der Waals surface area contributed by atoms with E-state index >= 15 is 0 Å². The number of fused-ring (bicyclic) bond motifs is 1. The third-order valence-electron chi connectivity index (χ3n) is 4.00. The van der Waals surface area contributed by atoms with E-state index in [4.69, 9.17) is 14.6 Å². The van der Waals surface area contributed by atoms with Gasteiger partial charge in [-0.3, -0.25) is 4.79 Å². The number of aromatic carboxylic acids is 1. The summed E-state index contributed by atoms with van der Waals surface area (Å²) in [6.45, 7) is 1.95. The van der Waals surface area contributed by atoms with Crippen LogP contribution in [0, 0.1) is 0 Å². The monoisotopic (exact) mass is 341 g/mol. The molecule has 0 aliphatic carbocycles. The van der Waals surface area contributed by atoms with Gasteiger partial charge in [-0.1, -0.05) is 6.07 Å². The van der Waals surface area contributed by atoms with Crippen molar-refractivity contribution in [2.75, 3.05) is 19.8 Å². The highest BCUT2D eigenvalue weighted by molar-refractivity contribution is 5.94. The van der Waals surface area contributed by atoms with Crippen molar-refractivity contribution in [2.24, 2.45) is 0 Å². The molecule has 1 amide bonds.